The van der Waals surface area contributed by atoms with E-state index in [9.17, 15) is 15.0 Å². The zero-order valence-corrected chi connectivity index (χ0v) is 17.1. The molecule has 0 saturated heterocycles. The molecule has 3 aromatic heterocycles. The van der Waals surface area contributed by atoms with Gasteiger partial charge in [-0.05, 0) is 30.9 Å². The van der Waals surface area contributed by atoms with Crippen molar-refractivity contribution in [3.8, 4) is 5.88 Å². The van der Waals surface area contributed by atoms with Crippen LogP contribution in [0.25, 0.3) is 11.7 Å². The highest BCUT2D eigenvalue weighted by Crippen LogP contribution is 2.23. The molecular formula is C21H22N8O3. The number of nitrogens with zero attached hydrogens (tertiary/aromatic N) is 5. The Morgan fingerprint density at radius 3 is 2.75 bits per heavy atom. The number of imidazole rings is 1. The fourth-order valence-electron chi connectivity index (χ4n) is 3.44. The number of aliphatic hydroxyl groups is 1. The van der Waals surface area contributed by atoms with E-state index in [1.165, 1.54) is 0 Å². The van der Waals surface area contributed by atoms with Gasteiger partial charge in [-0.3, -0.25) is 4.98 Å². The fourth-order valence-corrected chi connectivity index (χ4v) is 3.44. The predicted molar refractivity (Wildman–Crippen MR) is 116 cm³/mol. The van der Waals surface area contributed by atoms with Gasteiger partial charge in [-0.1, -0.05) is 30.3 Å². The maximum atomic E-state index is 11.5. The number of nitrogens with one attached hydrogen (secondary N) is 3. The van der Waals surface area contributed by atoms with Gasteiger partial charge in [0.2, 0.25) is 11.8 Å². The van der Waals surface area contributed by atoms with Crippen molar-refractivity contribution in [2.45, 2.75) is 31.3 Å². The topological polar surface area (TPSA) is 157 Å². The molecule has 5 rings (SSSR count). The third kappa shape index (κ3) is 4.10. The van der Waals surface area contributed by atoms with Gasteiger partial charge in [0.15, 0.2) is 5.65 Å². The lowest BCUT2D eigenvalue weighted by Crippen LogP contribution is -2.26. The molecule has 5 N–H and O–H groups in total. The molecular weight excluding hydrogens is 412 g/mol. The first-order valence-electron chi connectivity index (χ1n) is 10.4. The van der Waals surface area contributed by atoms with Gasteiger partial charge in [0, 0.05) is 11.8 Å². The van der Waals surface area contributed by atoms with Crippen molar-refractivity contribution in [2.75, 3.05) is 11.9 Å². The summed E-state index contributed by atoms with van der Waals surface area (Å²) in [4.78, 5) is 30.1. The zero-order valence-electron chi connectivity index (χ0n) is 17.1. The van der Waals surface area contributed by atoms with Crippen molar-refractivity contribution >= 4 is 17.7 Å². The molecule has 32 heavy (non-hydrogen) atoms. The summed E-state index contributed by atoms with van der Waals surface area (Å²) >= 11 is 0. The van der Waals surface area contributed by atoms with Crippen molar-refractivity contribution < 1.29 is 10.2 Å². The minimum atomic E-state index is -0.513. The maximum absolute atomic E-state index is 11.5. The minimum absolute atomic E-state index is 0.0000483. The van der Waals surface area contributed by atoms with Crippen molar-refractivity contribution in [3.63, 3.8) is 0 Å². The highest BCUT2D eigenvalue weighted by Gasteiger charge is 2.21. The summed E-state index contributed by atoms with van der Waals surface area (Å²) in [6.45, 7) is -0.0000483. The van der Waals surface area contributed by atoms with Crippen LogP contribution >= 0.6 is 0 Å². The van der Waals surface area contributed by atoms with Crippen molar-refractivity contribution in [3.05, 3.63) is 69.1 Å². The van der Waals surface area contributed by atoms with E-state index in [0.717, 1.165) is 18.4 Å². The summed E-state index contributed by atoms with van der Waals surface area (Å²) in [7, 11) is 0. The average Bonchev–Trinajstić information content (AvgIpc) is 3.42. The number of benzene rings is 1. The molecule has 0 spiro atoms. The number of anilines is 1. The Hall–Kier alpha value is -3.99. The van der Waals surface area contributed by atoms with Crippen molar-refractivity contribution in [1.82, 2.24) is 29.5 Å². The lowest BCUT2D eigenvalue weighted by atomic mass is 10.0. The second-order valence-electron chi connectivity index (χ2n) is 7.65. The van der Waals surface area contributed by atoms with E-state index in [0.29, 0.717) is 28.9 Å². The lowest BCUT2D eigenvalue weighted by Gasteiger charge is -2.18. The number of H-pyrrole nitrogens is 2. The highest BCUT2D eigenvalue weighted by atomic mass is 16.3. The van der Waals surface area contributed by atoms with E-state index in [-0.39, 0.29) is 30.3 Å². The first kappa shape index (κ1) is 19.9. The number of aromatic nitrogens is 6. The number of aliphatic hydroxyl groups excluding tert-OH is 1. The molecule has 0 radical (unpaired) electrons. The lowest BCUT2D eigenvalue weighted by molar-refractivity contribution is 0.280. The van der Waals surface area contributed by atoms with Gasteiger partial charge >= 0.3 is 5.69 Å². The van der Waals surface area contributed by atoms with E-state index in [1.807, 2.05) is 30.3 Å². The third-order valence-corrected chi connectivity index (χ3v) is 5.18. The van der Waals surface area contributed by atoms with Gasteiger partial charge in [0.25, 0.3) is 5.62 Å². The molecule has 1 aromatic carbocycles. The van der Waals surface area contributed by atoms with E-state index in [2.05, 4.69) is 35.3 Å². The minimum Gasteiger partial charge on any atom is -0.493 e. The summed E-state index contributed by atoms with van der Waals surface area (Å²) in [5.74, 6) is 0.0814. The predicted octanol–water partition coefficient (Wildman–Crippen LogP) is -0.00730. The molecule has 1 aliphatic rings. The molecule has 1 unspecified atom stereocenters. The monoisotopic (exact) mass is 434 g/mol. The highest BCUT2D eigenvalue weighted by molar-refractivity contribution is 5.57. The Morgan fingerprint density at radius 2 is 2.06 bits per heavy atom. The van der Waals surface area contributed by atoms with Crippen LogP contribution in [0, 0.1) is 0 Å². The number of aromatic hydroxyl groups is 1. The van der Waals surface area contributed by atoms with Gasteiger partial charge in [-0.2, -0.15) is 19.6 Å². The number of fused-ring (bicyclic) bond motifs is 1. The first-order chi connectivity index (χ1) is 15.6. The maximum Gasteiger partial charge on any atom is 0.326 e. The Bertz CT molecular complexity index is 1420. The normalized spacial score (nSPS) is 16.0. The summed E-state index contributed by atoms with van der Waals surface area (Å²) in [5, 5.41) is 27.7. The van der Waals surface area contributed by atoms with Crippen LogP contribution < -0.4 is 21.8 Å². The van der Waals surface area contributed by atoms with E-state index in [4.69, 9.17) is 0 Å². The largest absolute Gasteiger partial charge is 0.493 e. The molecule has 1 atom stereocenters. The Morgan fingerprint density at radius 1 is 1.25 bits per heavy atom. The van der Waals surface area contributed by atoms with Gasteiger partial charge in [0.05, 0.1) is 18.3 Å². The fraction of sp³-hybridized carbons (Fsp3) is 0.286. The van der Waals surface area contributed by atoms with Crippen molar-refractivity contribution in [2.24, 2.45) is 4.99 Å². The van der Waals surface area contributed by atoms with Crippen LogP contribution in [0.4, 0.5) is 5.95 Å². The third-order valence-electron chi connectivity index (χ3n) is 5.18. The van der Waals surface area contributed by atoms with E-state index < -0.39 is 5.69 Å². The van der Waals surface area contributed by atoms with Crippen LogP contribution in [0.3, 0.4) is 0 Å². The number of hydrogen-bond acceptors (Lipinski definition) is 8. The van der Waals surface area contributed by atoms with E-state index in [1.54, 1.807) is 16.8 Å². The second kappa shape index (κ2) is 8.27. The van der Waals surface area contributed by atoms with Gasteiger partial charge in [0.1, 0.15) is 5.69 Å². The van der Waals surface area contributed by atoms with Crippen LogP contribution in [0.2, 0.25) is 0 Å². The van der Waals surface area contributed by atoms with E-state index >= 15 is 0 Å². The van der Waals surface area contributed by atoms with Crippen LogP contribution in [0.1, 0.15) is 36.6 Å². The van der Waals surface area contributed by atoms with Crippen LogP contribution in [-0.2, 0) is 0 Å². The zero-order chi connectivity index (χ0) is 22.1. The molecule has 11 nitrogen and oxygen atoms in total. The van der Waals surface area contributed by atoms with Gasteiger partial charge in [-0.25, -0.2) is 9.79 Å². The smallest absolute Gasteiger partial charge is 0.326 e. The number of hydrogen-bond donors (Lipinski definition) is 5. The molecule has 3 heterocycles. The molecule has 1 fully saturated rings. The number of aromatic amines is 2. The van der Waals surface area contributed by atoms with Crippen LogP contribution in [-0.4, -0.2) is 52.4 Å². The Balaban J connectivity index is 1.63. The summed E-state index contributed by atoms with van der Waals surface area (Å²) in [6, 6.07) is 9.78. The standard InChI is InChI=1S/C21H22N8O3/c30-9-8-15(12-4-2-1-3-5-12)24-19-26-17-13(10-16-18(31)27-21(32)25-16)11-22-29(17)20(28-19)23-14-6-7-14/h1-5,10-11,14-15,30-31H,6-9H2,(H,23,24,28)(H2,25,27,32)/b13-10+. The van der Waals surface area contributed by atoms with Gasteiger partial charge in [-0.15, -0.1) is 0 Å². The van der Waals surface area contributed by atoms with Crippen molar-refractivity contribution in [1.29, 1.82) is 0 Å². The number of rotatable bonds is 7. The molecule has 0 amide bonds. The summed E-state index contributed by atoms with van der Waals surface area (Å²) in [6.07, 6.45) is 5.64. The molecule has 0 aliphatic heterocycles. The van der Waals surface area contributed by atoms with Crippen LogP contribution in [0.5, 0.6) is 5.88 Å². The molecule has 164 valence electrons. The van der Waals surface area contributed by atoms with Gasteiger partial charge < -0.3 is 20.5 Å². The van der Waals surface area contributed by atoms with Crippen LogP contribution in [0.15, 0.2) is 46.3 Å². The molecule has 1 saturated carbocycles. The molecule has 4 aromatic rings. The summed E-state index contributed by atoms with van der Waals surface area (Å²) in [5.41, 5.74) is 1.60. The Kier molecular flexibility index (Phi) is 5.15. The average molecular weight is 434 g/mol. The molecule has 1 aliphatic carbocycles. The Labute approximate surface area is 181 Å². The second-order valence-corrected chi connectivity index (χ2v) is 7.65. The first-order valence-corrected chi connectivity index (χ1v) is 10.4. The molecule has 0 bridgehead atoms. The SMILES string of the molecule is O=c1[nH]c(O)c(/C=c2\cnn3c(=NC4CC4)nc(NC(CCO)c4ccccc4)nc23)[nH]1. The quantitative estimate of drug-likeness (QED) is 0.274. The molecule has 11 heteroatoms. The summed E-state index contributed by atoms with van der Waals surface area (Å²) < 4.78 is 1.54.